The molecule has 170 valence electrons. The Morgan fingerprint density at radius 2 is 2.06 bits per heavy atom. The van der Waals surface area contributed by atoms with E-state index in [1.165, 1.54) is 17.4 Å². The summed E-state index contributed by atoms with van der Waals surface area (Å²) >= 11 is 6.97. The molecule has 3 rings (SSSR count). The number of hydrogen-bond acceptors (Lipinski definition) is 4. The molecule has 1 atom stereocenters. The Morgan fingerprint density at radius 3 is 2.65 bits per heavy atom. The fourth-order valence-electron chi connectivity index (χ4n) is 3.25. The van der Waals surface area contributed by atoms with Crippen molar-refractivity contribution in [2.24, 2.45) is 4.99 Å². The lowest BCUT2D eigenvalue weighted by molar-refractivity contribution is -0.137. The molecule has 1 aromatic heterocycles. The summed E-state index contributed by atoms with van der Waals surface area (Å²) in [6.45, 7) is 9.79. The number of alkyl halides is 3. The molecular formula is C22H27F3N2O2S2. The van der Waals surface area contributed by atoms with Gasteiger partial charge in [0.05, 0.1) is 30.4 Å². The van der Waals surface area contributed by atoms with E-state index < -0.39 is 11.7 Å². The highest BCUT2D eigenvalue weighted by Gasteiger charge is 2.31. The predicted molar refractivity (Wildman–Crippen MR) is 120 cm³/mol. The molecule has 0 radical (unpaired) electrons. The van der Waals surface area contributed by atoms with Crippen LogP contribution in [0.1, 0.15) is 56.5 Å². The summed E-state index contributed by atoms with van der Waals surface area (Å²) in [5.74, 6) is 0.294. The monoisotopic (exact) mass is 472 g/mol. The van der Waals surface area contributed by atoms with Crippen LogP contribution in [0.4, 0.5) is 13.2 Å². The van der Waals surface area contributed by atoms with Gasteiger partial charge in [-0.3, -0.25) is 0 Å². The molecule has 0 amide bonds. The second kappa shape index (κ2) is 9.42. The number of thiazole rings is 1. The van der Waals surface area contributed by atoms with Gasteiger partial charge in [0.1, 0.15) is 10.7 Å². The van der Waals surface area contributed by atoms with Gasteiger partial charge in [-0.05, 0) is 43.4 Å². The summed E-state index contributed by atoms with van der Waals surface area (Å²) in [7, 11) is 0. The van der Waals surface area contributed by atoms with E-state index in [-0.39, 0.29) is 22.1 Å². The van der Waals surface area contributed by atoms with E-state index in [4.69, 9.17) is 21.7 Å². The van der Waals surface area contributed by atoms with Gasteiger partial charge >= 0.3 is 6.18 Å². The first-order chi connectivity index (χ1) is 14.5. The van der Waals surface area contributed by atoms with Crippen molar-refractivity contribution in [1.82, 2.24) is 4.57 Å². The van der Waals surface area contributed by atoms with Gasteiger partial charge in [0.2, 0.25) is 0 Å². The van der Waals surface area contributed by atoms with Crippen molar-refractivity contribution in [3.8, 4) is 5.75 Å². The van der Waals surface area contributed by atoms with Crippen LogP contribution in [0.3, 0.4) is 0 Å². The molecule has 1 aliphatic heterocycles. The summed E-state index contributed by atoms with van der Waals surface area (Å²) in [4.78, 5) is 6.41. The summed E-state index contributed by atoms with van der Waals surface area (Å²) in [6.07, 6.45) is -0.336. The van der Waals surface area contributed by atoms with Crippen LogP contribution in [0.5, 0.6) is 5.75 Å². The van der Waals surface area contributed by atoms with Crippen LogP contribution in [-0.2, 0) is 22.9 Å². The highest BCUT2D eigenvalue weighted by molar-refractivity contribution is 7.80. The van der Waals surface area contributed by atoms with Crippen LogP contribution in [0.25, 0.3) is 0 Å². The third-order valence-corrected chi connectivity index (χ3v) is 6.68. The number of nitrogens with zero attached hydrogens (tertiary/aromatic N) is 2. The maximum Gasteiger partial charge on any atom is 0.416 e. The topological polar surface area (TPSA) is 35.8 Å². The summed E-state index contributed by atoms with van der Waals surface area (Å²) < 4.78 is 53.1. The van der Waals surface area contributed by atoms with Gasteiger partial charge in [0.25, 0.3) is 0 Å². The largest absolute Gasteiger partial charge is 0.493 e. The van der Waals surface area contributed by atoms with E-state index in [2.05, 4.69) is 25.8 Å². The molecule has 1 aromatic carbocycles. The summed E-state index contributed by atoms with van der Waals surface area (Å²) in [5, 5.41) is 0. The second-order valence-electron chi connectivity index (χ2n) is 8.47. The van der Waals surface area contributed by atoms with Gasteiger partial charge in [-0.15, -0.1) is 11.3 Å². The number of benzene rings is 1. The SMILES string of the molecule is CCOc1ccc(C(F)(F)F)cc1C(=S)N=c1sc(C(C)(C)C)cn1CC1CCCO1. The van der Waals surface area contributed by atoms with Crippen molar-refractivity contribution in [2.45, 2.75) is 64.8 Å². The molecule has 4 nitrogen and oxygen atoms in total. The highest BCUT2D eigenvalue weighted by Crippen LogP contribution is 2.33. The molecule has 31 heavy (non-hydrogen) atoms. The minimum absolute atomic E-state index is 0.0675. The Morgan fingerprint density at radius 1 is 1.32 bits per heavy atom. The van der Waals surface area contributed by atoms with Crippen molar-refractivity contribution < 1.29 is 22.6 Å². The maximum atomic E-state index is 13.3. The van der Waals surface area contributed by atoms with Crippen LogP contribution in [0, 0.1) is 0 Å². The number of hydrogen-bond donors (Lipinski definition) is 0. The van der Waals surface area contributed by atoms with E-state index in [1.807, 2.05) is 10.8 Å². The Hall–Kier alpha value is -1.71. The molecule has 1 aliphatic rings. The summed E-state index contributed by atoms with van der Waals surface area (Å²) in [6, 6.07) is 3.32. The lowest BCUT2D eigenvalue weighted by Crippen LogP contribution is -2.23. The lowest BCUT2D eigenvalue weighted by Gasteiger charge is -2.15. The number of thiocarbonyl (C=S) groups is 1. The quantitative estimate of drug-likeness (QED) is 0.522. The third kappa shape index (κ3) is 5.96. The number of rotatable bonds is 5. The zero-order valence-electron chi connectivity index (χ0n) is 18.1. The molecule has 2 aromatic rings. The smallest absolute Gasteiger partial charge is 0.416 e. The van der Waals surface area contributed by atoms with E-state index >= 15 is 0 Å². The molecule has 1 unspecified atom stereocenters. The average Bonchev–Trinajstić information content (AvgIpc) is 3.32. The first-order valence-corrected chi connectivity index (χ1v) is 11.5. The van der Waals surface area contributed by atoms with Gasteiger partial charge in [0, 0.05) is 17.7 Å². The molecule has 0 bridgehead atoms. The fourth-order valence-corrected chi connectivity index (χ4v) is 4.62. The van der Waals surface area contributed by atoms with Gasteiger partial charge in [-0.1, -0.05) is 33.0 Å². The molecular weight excluding hydrogens is 445 g/mol. The molecule has 0 spiro atoms. The first-order valence-electron chi connectivity index (χ1n) is 10.2. The molecule has 2 heterocycles. The first kappa shape index (κ1) is 23.9. The Kier molecular flexibility index (Phi) is 7.28. The molecule has 1 fully saturated rings. The normalized spacial score (nSPS) is 17.9. The molecule has 0 saturated carbocycles. The zero-order chi connectivity index (χ0) is 22.8. The summed E-state index contributed by atoms with van der Waals surface area (Å²) in [5.41, 5.74) is -0.705. The van der Waals surface area contributed by atoms with E-state index in [0.717, 1.165) is 36.5 Å². The second-order valence-corrected chi connectivity index (χ2v) is 9.87. The molecule has 0 aliphatic carbocycles. The predicted octanol–water partition coefficient (Wildman–Crippen LogP) is 5.72. The number of halogens is 3. The maximum absolute atomic E-state index is 13.3. The Balaban J connectivity index is 2.05. The van der Waals surface area contributed by atoms with Crippen molar-refractivity contribution in [3.63, 3.8) is 0 Å². The Labute approximate surface area is 189 Å². The highest BCUT2D eigenvalue weighted by atomic mass is 32.1. The van der Waals surface area contributed by atoms with E-state index in [9.17, 15) is 13.2 Å². The van der Waals surface area contributed by atoms with Crippen LogP contribution in [0.2, 0.25) is 0 Å². The van der Waals surface area contributed by atoms with Crippen molar-refractivity contribution in [1.29, 1.82) is 0 Å². The van der Waals surface area contributed by atoms with Gasteiger partial charge in [-0.2, -0.15) is 13.2 Å². The minimum atomic E-state index is -4.48. The average molecular weight is 473 g/mol. The van der Waals surface area contributed by atoms with Crippen molar-refractivity contribution >= 4 is 28.5 Å². The standard InChI is InChI=1S/C22H27F3N2O2S2/c1-5-28-17-9-8-14(22(23,24)25)11-16(17)19(30)26-20-27(12-15-7-6-10-29-15)13-18(31-20)21(2,3)4/h8-9,11,13,15H,5-7,10,12H2,1-4H3. The number of aromatic nitrogens is 1. The van der Waals surface area contributed by atoms with Crippen LogP contribution in [0.15, 0.2) is 29.4 Å². The fraction of sp³-hybridized carbons (Fsp3) is 0.545. The molecule has 0 N–H and O–H groups in total. The van der Waals surface area contributed by atoms with Crippen LogP contribution >= 0.6 is 23.6 Å². The molecule has 1 saturated heterocycles. The van der Waals surface area contributed by atoms with E-state index in [1.54, 1.807) is 6.92 Å². The van der Waals surface area contributed by atoms with Crippen LogP contribution in [-0.4, -0.2) is 28.9 Å². The van der Waals surface area contributed by atoms with Crippen LogP contribution < -0.4 is 9.54 Å². The Bertz CT molecular complexity index is 997. The lowest BCUT2D eigenvalue weighted by atomic mass is 9.95. The minimum Gasteiger partial charge on any atom is -0.493 e. The van der Waals surface area contributed by atoms with Gasteiger partial charge < -0.3 is 14.0 Å². The molecule has 9 heteroatoms. The van der Waals surface area contributed by atoms with Gasteiger partial charge in [0.15, 0.2) is 4.80 Å². The van der Waals surface area contributed by atoms with E-state index in [0.29, 0.717) is 23.7 Å². The van der Waals surface area contributed by atoms with Gasteiger partial charge in [-0.25, -0.2) is 4.99 Å². The van der Waals surface area contributed by atoms with Crippen molar-refractivity contribution in [3.05, 3.63) is 45.2 Å². The zero-order valence-corrected chi connectivity index (χ0v) is 19.7. The number of ether oxygens (including phenoxy) is 2. The van der Waals surface area contributed by atoms with Crippen molar-refractivity contribution in [2.75, 3.05) is 13.2 Å². The third-order valence-electron chi connectivity index (χ3n) is 4.92.